The van der Waals surface area contributed by atoms with Gasteiger partial charge in [-0.3, -0.25) is 0 Å². The SMILES string of the molecule is COc1ccccc1CC(N)c1ccccc1C(F)(F)F. The molecule has 0 aliphatic rings. The fraction of sp³-hybridized carbons (Fsp3) is 0.250. The Kier molecular flexibility index (Phi) is 4.53. The zero-order chi connectivity index (χ0) is 15.5. The quantitative estimate of drug-likeness (QED) is 0.926. The van der Waals surface area contributed by atoms with Gasteiger partial charge in [-0.25, -0.2) is 0 Å². The van der Waals surface area contributed by atoms with E-state index in [4.69, 9.17) is 10.5 Å². The first-order valence-electron chi connectivity index (χ1n) is 6.47. The maximum Gasteiger partial charge on any atom is 0.416 e. The van der Waals surface area contributed by atoms with Crippen LogP contribution in [0.4, 0.5) is 13.2 Å². The molecule has 0 fully saturated rings. The van der Waals surface area contributed by atoms with Crippen molar-refractivity contribution in [3.63, 3.8) is 0 Å². The first-order chi connectivity index (χ1) is 9.93. The lowest BCUT2D eigenvalue weighted by Crippen LogP contribution is -2.19. The Morgan fingerprint density at radius 3 is 2.33 bits per heavy atom. The largest absolute Gasteiger partial charge is 0.496 e. The number of nitrogens with two attached hydrogens (primary N) is 1. The summed E-state index contributed by atoms with van der Waals surface area (Å²) in [6.45, 7) is 0. The van der Waals surface area contributed by atoms with Crippen LogP contribution in [-0.4, -0.2) is 7.11 Å². The smallest absolute Gasteiger partial charge is 0.416 e. The Hall–Kier alpha value is -2.01. The highest BCUT2D eigenvalue weighted by Gasteiger charge is 2.34. The van der Waals surface area contributed by atoms with Crippen molar-refractivity contribution in [1.82, 2.24) is 0 Å². The van der Waals surface area contributed by atoms with E-state index in [0.717, 1.165) is 11.6 Å². The van der Waals surface area contributed by atoms with E-state index in [1.54, 1.807) is 30.3 Å². The van der Waals surface area contributed by atoms with Crippen LogP contribution in [0.2, 0.25) is 0 Å². The Bertz CT molecular complexity index is 610. The minimum Gasteiger partial charge on any atom is -0.496 e. The normalized spacial score (nSPS) is 13.0. The summed E-state index contributed by atoms with van der Waals surface area (Å²) in [7, 11) is 1.52. The Morgan fingerprint density at radius 2 is 1.67 bits per heavy atom. The third kappa shape index (κ3) is 3.55. The number of benzene rings is 2. The van der Waals surface area contributed by atoms with Crippen molar-refractivity contribution in [3.05, 3.63) is 65.2 Å². The predicted molar refractivity (Wildman–Crippen MR) is 75.1 cm³/mol. The van der Waals surface area contributed by atoms with Gasteiger partial charge in [-0.1, -0.05) is 36.4 Å². The van der Waals surface area contributed by atoms with Crippen LogP contribution in [0.15, 0.2) is 48.5 Å². The average molecular weight is 295 g/mol. The maximum absolute atomic E-state index is 13.0. The van der Waals surface area contributed by atoms with E-state index < -0.39 is 17.8 Å². The summed E-state index contributed by atoms with van der Waals surface area (Å²) in [4.78, 5) is 0. The van der Waals surface area contributed by atoms with E-state index >= 15 is 0 Å². The summed E-state index contributed by atoms with van der Waals surface area (Å²) in [5, 5.41) is 0. The molecule has 0 spiro atoms. The van der Waals surface area contributed by atoms with Gasteiger partial charge in [0.15, 0.2) is 0 Å². The zero-order valence-electron chi connectivity index (χ0n) is 11.5. The number of para-hydroxylation sites is 1. The average Bonchev–Trinajstić information content (AvgIpc) is 2.47. The van der Waals surface area contributed by atoms with Gasteiger partial charge in [0, 0.05) is 6.04 Å². The maximum atomic E-state index is 13.0. The van der Waals surface area contributed by atoms with Gasteiger partial charge in [-0.15, -0.1) is 0 Å². The fourth-order valence-electron chi connectivity index (χ4n) is 2.30. The highest BCUT2D eigenvalue weighted by molar-refractivity contribution is 5.37. The van der Waals surface area contributed by atoms with E-state index in [0.29, 0.717) is 5.75 Å². The molecular formula is C16H16F3NO. The molecule has 2 nitrogen and oxygen atoms in total. The van der Waals surface area contributed by atoms with Gasteiger partial charge in [0.2, 0.25) is 0 Å². The molecule has 0 aromatic heterocycles. The second kappa shape index (κ2) is 6.18. The number of alkyl halides is 3. The first kappa shape index (κ1) is 15.4. The van der Waals surface area contributed by atoms with Crippen LogP contribution in [0.25, 0.3) is 0 Å². The van der Waals surface area contributed by atoms with Crippen LogP contribution in [0.3, 0.4) is 0 Å². The molecule has 0 aliphatic carbocycles. The predicted octanol–water partition coefficient (Wildman–Crippen LogP) is 3.96. The van der Waals surface area contributed by atoms with Crippen molar-refractivity contribution in [2.75, 3.05) is 7.11 Å². The molecule has 1 atom stereocenters. The molecule has 1 unspecified atom stereocenters. The zero-order valence-corrected chi connectivity index (χ0v) is 11.5. The van der Waals surface area contributed by atoms with Crippen LogP contribution in [0.5, 0.6) is 5.75 Å². The molecular weight excluding hydrogens is 279 g/mol. The third-order valence-electron chi connectivity index (χ3n) is 3.30. The summed E-state index contributed by atoms with van der Waals surface area (Å²) in [5.74, 6) is 0.623. The van der Waals surface area contributed by atoms with Gasteiger partial charge in [0.25, 0.3) is 0 Å². The molecule has 5 heteroatoms. The molecule has 2 aromatic rings. The van der Waals surface area contributed by atoms with E-state index in [1.807, 2.05) is 0 Å². The molecule has 0 aliphatic heterocycles. The molecule has 0 heterocycles. The number of halogens is 3. The minimum absolute atomic E-state index is 0.0934. The molecule has 21 heavy (non-hydrogen) atoms. The molecule has 0 saturated carbocycles. The van der Waals surface area contributed by atoms with Crippen LogP contribution in [0, 0.1) is 0 Å². The highest BCUT2D eigenvalue weighted by Crippen LogP contribution is 2.35. The highest BCUT2D eigenvalue weighted by atomic mass is 19.4. The second-order valence-electron chi connectivity index (χ2n) is 4.71. The van der Waals surface area contributed by atoms with Crippen molar-refractivity contribution < 1.29 is 17.9 Å². The minimum atomic E-state index is -4.41. The van der Waals surface area contributed by atoms with E-state index in [9.17, 15) is 13.2 Å². The number of hydrogen-bond donors (Lipinski definition) is 1. The molecule has 2 rings (SSSR count). The van der Waals surface area contributed by atoms with Crippen molar-refractivity contribution in [2.24, 2.45) is 5.73 Å². The summed E-state index contributed by atoms with van der Waals surface area (Å²) >= 11 is 0. The molecule has 0 bridgehead atoms. The molecule has 0 radical (unpaired) electrons. The first-order valence-corrected chi connectivity index (χ1v) is 6.47. The third-order valence-corrected chi connectivity index (χ3v) is 3.30. The molecule has 112 valence electrons. The lowest BCUT2D eigenvalue weighted by atomic mass is 9.95. The van der Waals surface area contributed by atoms with Crippen molar-refractivity contribution in [2.45, 2.75) is 18.6 Å². The summed E-state index contributed by atoms with van der Waals surface area (Å²) in [6, 6.07) is 11.8. The molecule has 0 amide bonds. The lowest BCUT2D eigenvalue weighted by molar-refractivity contribution is -0.138. The fourth-order valence-corrected chi connectivity index (χ4v) is 2.30. The van der Waals surface area contributed by atoms with Crippen LogP contribution in [-0.2, 0) is 12.6 Å². The topological polar surface area (TPSA) is 35.2 Å². The van der Waals surface area contributed by atoms with Crippen LogP contribution >= 0.6 is 0 Å². The van der Waals surface area contributed by atoms with Gasteiger partial charge in [0.1, 0.15) is 5.75 Å². The molecule has 0 saturated heterocycles. The van der Waals surface area contributed by atoms with E-state index in [-0.39, 0.29) is 12.0 Å². The van der Waals surface area contributed by atoms with E-state index in [1.165, 1.54) is 19.2 Å². The van der Waals surface area contributed by atoms with Gasteiger partial charge in [-0.2, -0.15) is 13.2 Å². The lowest BCUT2D eigenvalue weighted by Gasteiger charge is -2.19. The number of hydrogen-bond acceptors (Lipinski definition) is 2. The van der Waals surface area contributed by atoms with Gasteiger partial charge in [0.05, 0.1) is 12.7 Å². The Morgan fingerprint density at radius 1 is 1.05 bits per heavy atom. The summed E-state index contributed by atoms with van der Waals surface area (Å²) in [6.07, 6.45) is -4.13. The van der Waals surface area contributed by atoms with Crippen LogP contribution in [0.1, 0.15) is 22.7 Å². The second-order valence-corrected chi connectivity index (χ2v) is 4.71. The van der Waals surface area contributed by atoms with Crippen molar-refractivity contribution >= 4 is 0 Å². The van der Waals surface area contributed by atoms with E-state index in [2.05, 4.69) is 0 Å². The number of rotatable bonds is 4. The van der Waals surface area contributed by atoms with Gasteiger partial charge >= 0.3 is 6.18 Å². The standard InChI is InChI=1S/C16H16F3NO/c1-21-15-9-5-2-6-11(15)10-14(20)12-7-3-4-8-13(12)16(17,18)19/h2-9,14H,10,20H2,1H3. The van der Waals surface area contributed by atoms with Crippen LogP contribution < -0.4 is 10.5 Å². The Balaban J connectivity index is 2.31. The van der Waals surface area contributed by atoms with Gasteiger partial charge < -0.3 is 10.5 Å². The van der Waals surface area contributed by atoms with Gasteiger partial charge in [-0.05, 0) is 29.7 Å². The van der Waals surface area contributed by atoms with Crippen molar-refractivity contribution in [1.29, 1.82) is 0 Å². The molecule has 2 aromatic carbocycles. The Labute approximate surface area is 121 Å². The summed E-state index contributed by atoms with van der Waals surface area (Å²) in [5.41, 5.74) is 6.18. The number of methoxy groups -OCH3 is 1. The van der Waals surface area contributed by atoms with Crippen molar-refractivity contribution in [3.8, 4) is 5.75 Å². The summed E-state index contributed by atoms with van der Waals surface area (Å²) < 4.78 is 44.2. The number of ether oxygens (including phenoxy) is 1. The molecule has 2 N–H and O–H groups in total. The monoisotopic (exact) mass is 295 g/mol.